The van der Waals surface area contributed by atoms with Crippen LogP contribution in [0.1, 0.15) is 44.1 Å². The Kier molecular flexibility index (Phi) is 5.27. The fourth-order valence-electron chi connectivity index (χ4n) is 3.16. The molecule has 1 aromatic carbocycles. The second kappa shape index (κ2) is 7.27. The highest BCUT2D eigenvalue weighted by Gasteiger charge is 2.34. The van der Waals surface area contributed by atoms with Gasteiger partial charge in [-0.15, -0.1) is 11.8 Å². The van der Waals surface area contributed by atoms with Gasteiger partial charge in [-0.05, 0) is 31.0 Å². The highest BCUT2D eigenvalue weighted by Crippen LogP contribution is 2.40. The van der Waals surface area contributed by atoms with Gasteiger partial charge in [-0.2, -0.15) is 13.2 Å². The van der Waals surface area contributed by atoms with Gasteiger partial charge < -0.3 is 10.6 Å². The predicted octanol–water partition coefficient (Wildman–Crippen LogP) is 3.96. The Morgan fingerprint density at radius 2 is 1.96 bits per heavy atom. The molecule has 1 aromatic rings. The van der Waals surface area contributed by atoms with Crippen molar-refractivity contribution < 1.29 is 22.8 Å². The van der Waals surface area contributed by atoms with Crippen LogP contribution in [-0.2, 0) is 15.8 Å². The SMILES string of the molecule is O=C(C[C@H]1Sc2ccc(C(F)(F)F)cc2NC1=O)NC1CCCCC1. The van der Waals surface area contributed by atoms with Gasteiger partial charge in [-0.3, -0.25) is 9.59 Å². The molecule has 8 heteroatoms. The fraction of sp³-hybridized carbons (Fsp3) is 0.529. The maximum Gasteiger partial charge on any atom is 0.416 e. The van der Waals surface area contributed by atoms with Gasteiger partial charge in [0.1, 0.15) is 0 Å². The third kappa shape index (κ3) is 4.48. The summed E-state index contributed by atoms with van der Waals surface area (Å²) in [5, 5.41) is 4.82. The number of halogens is 3. The van der Waals surface area contributed by atoms with Crippen molar-refractivity contribution in [3.05, 3.63) is 23.8 Å². The van der Waals surface area contributed by atoms with E-state index >= 15 is 0 Å². The van der Waals surface area contributed by atoms with E-state index in [0.717, 1.165) is 49.6 Å². The highest BCUT2D eigenvalue weighted by atomic mass is 32.2. The van der Waals surface area contributed by atoms with Crippen LogP contribution in [0.4, 0.5) is 18.9 Å². The molecule has 1 aliphatic carbocycles. The molecule has 0 spiro atoms. The van der Waals surface area contributed by atoms with E-state index in [9.17, 15) is 22.8 Å². The average Bonchev–Trinajstić information content (AvgIpc) is 2.55. The van der Waals surface area contributed by atoms with E-state index in [0.29, 0.717) is 4.90 Å². The molecule has 1 aliphatic heterocycles. The molecule has 1 heterocycles. The largest absolute Gasteiger partial charge is 0.416 e. The summed E-state index contributed by atoms with van der Waals surface area (Å²) in [7, 11) is 0. The molecule has 0 aromatic heterocycles. The predicted molar refractivity (Wildman–Crippen MR) is 89.4 cm³/mol. The van der Waals surface area contributed by atoms with E-state index in [1.807, 2.05) is 0 Å². The van der Waals surface area contributed by atoms with Gasteiger partial charge in [-0.25, -0.2) is 0 Å². The molecular formula is C17H19F3N2O2S. The van der Waals surface area contributed by atoms with Crippen LogP contribution < -0.4 is 10.6 Å². The number of fused-ring (bicyclic) bond motifs is 1. The zero-order valence-electron chi connectivity index (χ0n) is 13.5. The maximum atomic E-state index is 12.8. The molecule has 0 bridgehead atoms. The van der Waals surface area contributed by atoms with E-state index in [1.165, 1.54) is 12.5 Å². The van der Waals surface area contributed by atoms with Gasteiger partial charge in [0.05, 0.1) is 16.5 Å². The lowest BCUT2D eigenvalue weighted by atomic mass is 9.95. The molecule has 1 atom stereocenters. The van der Waals surface area contributed by atoms with Crippen molar-refractivity contribution in [2.45, 2.75) is 60.9 Å². The minimum absolute atomic E-state index is 0.0213. The first-order valence-electron chi connectivity index (χ1n) is 8.31. The molecule has 0 saturated heterocycles. The lowest BCUT2D eigenvalue weighted by Crippen LogP contribution is -2.40. The van der Waals surface area contributed by atoms with Crippen LogP contribution in [0.5, 0.6) is 0 Å². The molecule has 3 rings (SSSR count). The number of nitrogens with one attached hydrogen (secondary N) is 2. The van der Waals surface area contributed by atoms with Crippen LogP contribution in [-0.4, -0.2) is 23.1 Å². The normalized spacial score (nSPS) is 21.4. The van der Waals surface area contributed by atoms with Crippen LogP contribution in [0.15, 0.2) is 23.1 Å². The fourth-order valence-corrected chi connectivity index (χ4v) is 4.25. The van der Waals surface area contributed by atoms with E-state index in [2.05, 4.69) is 10.6 Å². The van der Waals surface area contributed by atoms with Crippen LogP contribution >= 0.6 is 11.8 Å². The van der Waals surface area contributed by atoms with E-state index in [4.69, 9.17) is 0 Å². The summed E-state index contributed by atoms with van der Waals surface area (Å²) in [6, 6.07) is 3.43. The molecule has 1 fully saturated rings. The summed E-state index contributed by atoms with van der Waals surface area (Å²) < 4.78 is 38.3. The van der Waals surface area contributed by atoms with Gasteiger partial charge in [-0.1, -0.05) is 19.3 Å². The number of thioether (sulfide) groups is 1. The van der Waals surface area contributed by atoms with E-state index in [1.54, 1.807) is 0 Å². The summed E-state index contributed by atoms with van der Waals surface area (Å²) in [4.78, 5) is 24.9. The van der Waals surface area contributed by atoms with Gasteiger partial charge in [0.2, 0.25) is 11.8 Å². The third-order valence-electron chi connectivity index (χ3n) is 4.47. The van der Waals surface area contributed by atoms with Crippen molar-refractivity contribution in [2.75, 3.05) is 5.32 Å². The van der Waals surface area contributed by atoms with Gasteiger partial charge in [0, 0.05) is 17.4 Å². The molecule has 2 N–H and O–H groups in total. The van der Waals surface area contributed by atoms with Crippen LogP contribution in [0.2, 0.25) is 0 Å². The van der Waals surface area contributed by atoms with Crippen LogP contribution in [0.3, 0.4) is 0 Å². The number of rotatable bonds is 3. The van der Waals surface area contributed by atoms with Gasteiger partial charge in [0.15, 0.2) is 0 Å². The number of amides is 2. The Bertz CT molecular complexity index is 672. The second-order valence-corrected chi connectivity index (χ2v) is 7.66. The number of hydrogen-bond donors (Lipinski definition) is 2. The van der Waals surface area contributed by atoms with E-state index < -0.39 is 22.9 Å². The lowest BCUT2D eigenvalue weighted by molar-refractivity contribution is -0.137. The Hall–Kier alpha value is -1.70. The maximum absolute atomic E-state index is 12.8. The first-order chi connectivity index (χ1) is 11.8. The molecule has 136 valence electrons. The Labute approximate surface area is 147 Å². The molecule has 4 nitrogen and oxygen atoms in total. The van der Waals surface area contributed by atoms with Crippen molar-refractivity contribution in [3.8, 4) is 0 Å². The summed E-state index contributed by atoms with van der Waals surface area (Å²) in [6.45, 7) is 0. The third-order valence-corrected chi connectivity index (χ3v) is 5.74. The topological polar surface area (TPSA) is 58.2 Å². The number of anilines is 1. The number of carbonyl (C=O) groups is 2. The van der Waals surface area contributed by atoms with Crippen molar-refractivity contribution in [1.29, 1.82) is 0 Å². The lowest BCUT2D eigenvalue weighted by Gasteiger charge is -2.26. The van der Waals surface area contributed by atoms with Crippen molar-refractivity contribution in [3.63, 3.8) is 0 Å². The number of benzene rings is 1. The Balaban J connectivity index is 1.63. The summed E-state index contributed by atoms with van der Waals surface area (Å²) >= 11 is 1.13. The minimum atomic E-state index is -4.46. The number of alkyl halides is 3. The minimum Gasteiger partial charge on any atom is -0.353 e. The quantitative estimate of drug-likeness (QED) is 0.844. The molecule has 1 saturated carbocycles. The molecule has 2 amide bonds. The molecule has 0 unspecified atom stereocenters. The number of carbonyl (C=O) groups excluding carboxylic acids is 2. The summed E-state index contributed by atoms with van der Waals surface area (Å²) in [6.07, 6.45) is 0.854. The zero-order valence-corrected chi connectivity index (χ0v) is 14.3. The molecule has 25 heavy (non-hydrogen) atoms. The first-order valence-corrected chi connectivity index (χ1v) is 9.19. The van der Waals surface area contributed by atoms with Gasteiger partial charge in [0.25, 0.3) is 0 Å². The van der Waals surface area contributed by atoms with Crippen LogP contribution in [0, 0.1) is 0 Å². The molecular weight excluding hydrogens is 353 g/mol. The summed E-state index contributed by atoms with van der Waals surface area (Å²) in [5.74, 6) is -0.620. The monoisotopic (exact) mass is 372 g/mol. The first kappa shape index (κ1) is 18.1. The molecule has 2 aliphatic rings. The van der Waals surface area contributed by atoms with Gasteiger partial charge >= 0.3 is 6.18 Å². The highest BCUT2D eigenvalue weighted by molar-refractivity contribution is 8.01. The average molecular weight is 372 g/mol. The molecule has 0 radical (unpaired) electrons. The van der Waals surface area contributed by atoms with Crippen molar-refractivity contribution in [2.24, 2.45) is 0 Å². The summed E-state index contributed by atoms with van der Waals surface area (Å²) in [5.41, 5.74) is -0.658. The Morgan fingerprint density at radius 1 is 1.24 bits per heavy atom. The van der Waals surface area contributed by atoms with Crippen LogP contribution in [0.25, 0.3) is 0 Å². The standard InChI is InChI=1S/C17H19F3N2O2S/c18-17(19,20)10-6-7-13-12(8-10)22-16(24)14(25-13)9-15(23)21-11-4-2-1-3-5-11/h6-8,11,14H,1-5,9H2,(H,21,23)(H,22,24)/t14-/m1/s1. The van der Waals surface area contributed by atoms with E-state index in [-0.39, 0.29) is 24.1 Å². The number of hydrogen-bond acceptors (Lipinski definition) is 3. The Morgan fingerprint density at radius 3 is 2.64 bits per heavy atom. The van der Waals surface area contributed by atoms with Crippen molar-refractivity contribution >= 4 is 29.3 Å². The smallest absolute Gasteiger partial charge is 0.353 e. The second-order valence-electron chi connectivity index (χ2n) is 6.41. The van der Waals surface area contributed by atoms with Crippen molar-refractivity contribution in [1.82, 2.24) is 5.32 Å². The zero-order chi connectivity index (χ0) is 18.0.